The van der Waals surface area contributed by atoms with Gasteiger partial charge in [0.15, 0.2) is 0 Å². The molecule has 2 fully saturated rings. The van der Waals surface area contributed by atoms with Crippen LogP contribution >= 0.6 is 0 Å². The highest BCUT2D eigenvalue weighted by Gasteiger charge is 2.39. The fourth-order valence-electron chi connectivity index (χ4n) is 4.11. The van der Waals surface area contributed by atoms with Gasteiger partial charge in [-0.25, -0.2) is 4.98 Å². The molecule has 6 heteroatoms. The van der Waals surface area contributed by atoms with Crippen LogP contribution in [-0.2, 0) is 11.3 Å². The zero-order chi connectivity index (χ0) is 17.3. The lowest BCUT2D eigenvalue weighted by atomic mass is 9.81. The molecule has 1 aliphatic heterocycles. The van der Waals surface area contributed by atoms with Crippen LogP contribution in [0.25, 0.3) is 5.65 Å². The fourth-order valence-corrected chi connectivity index (χ4v) is 4.11. The van der Waals surface area contributed by atoms with E-state index in [1.165, 1.54) is 6.42 Å². The number of carbonyl (C=O) groups is 1. The third-order valence-electron chi connectivity index (χ3n) is 5.63. The Labute approximate surface area is 148 Å². The molecule has 1 saturated heterocycles. The maximum atomic E-state index is 12.8. The van der Waals surface area contributed by atoms with Crippen LogP contribution in [0.3, 0.4) is 0 Å². The van der Waals surface area contributed by atoms with Gasteiger partial charge < -0.3 is 15.0 Å². The Morgan fingerprint density at radius 2 is 1.88 bits per heavy atom. The molecule has 2 aliphatic rings. The highest BCUT2D eigenvalue weighted by Crippen LogP contribution is 2.28. The number of aromatic nitrogens is 2. The van der Waals surface area contributed by atoms with Gasteiger partial charge in [0, 0.05) is 45.1 Å². The van der Waals surface area contributed by atoms with Crippen molar-refractivity contribution in [2.75, 3.05) is 26.2 Å². The van der Waals surface area contributed by atoms with Gasteiger partial charge >= 0.3 is 0 Å². The second kappa shape index (κ2) is 6.77. The fraction of sp³-hybridized carbons (Fsp3) is 0.579. The highest BCUT2D eigenvalue weighted by atomic mass is 16.2. The van der Waals surface area contributed by atoms with Crippen molar-refractivity contribution in [2.45, 2.75) is 44.2 Å². The van der Waals surface area contributed by atoms with Crippen molar-refractivity contribution in [1.82, 2.24) is 19.2 Å². The normalized spacial score (nSPS) is 21.6. The molecule has 4 rings (SSSR count). The zero-order valence-corrected chi connectivity index (χ0v) is 14.7. The third-order valence-corrected chi connectivity index (χ3v) is 5.63. The molecule has 0 atom stereocenters. The zero-order valence-electron chi connectivity index (χ0n) is 14.7. The molecule has 6 nitrogen and oxygen atoms in total. The molecule has 1 aliphatic carbocycles. The number of rotatable bonds is 3. The van der Waals surface area contributed by atoms with E-state index in [2.05, 4.69) is 20.5 Å². The van der Waals surface area contributed by atoms with Crippen molar-refractivity contribution in [3.05, 3.63) is 36.3 Å². The smallest absolute Gasteiger partial charge is 0.242 e. The molecular weight excluding hydrogens is 314 g/mol. The number of amides is 1. The largest absolute Gasteiger partial charge is 0.339 e. The van der Waals surface area contributed by atoms with Crippen LogP contribution < -0.4 is 5.73 Å². The topological polar surface area (TPSA) is 66.9 Å². The predicted octanol–water partition coefficient (Wildman–Crippen LogP) is 1.64. The number of carbonyl (C=O) groups excluding carboxylic acids is 1. The maximum Gasteiger partial charge on any atom is 0.242 e. The first-order valence-corrected chi connectivity index (χ1v) is 9.37. The van der Waals surface area contributed by atoms with Gasteiger partial charge in [0.25, 0.3) is 0 Å². The highest BCUT2D eigenvalue weighted by molar-refractivity contribution is 5.86. The van der Waals surface area contributed by atoms with E-state index in [0.717, 1.165) is 69.7 Å². The average molecular weight is 341 g/mol. The standard InChI is InChI=1S/C19H27N5O/c20-19(7-3-1-4-8-19)18(25)23-12-10-22(11-13-23)14-16-15-24-9-5-2-6-17(24)21-16/h2,5-6,9,15H,1,3-4,7-8,10-14,20H2. The first-order chi connectivity index (χ1) is 12.1. The molecule has 2 aromatic rings. The minimum atomic E-state index is -0.609. The number of fused-ring (bicyclic) bond motifs is 1. The number of imidazole rings is 1. The van der Waals surface area contributed by atoms with Crippen molar-refractivity contribution in [3.8, 4) is 0 Å². The van der Waals surface area contributed by atoms with Crippen LogP contribution in [0.1, 0.15) is 37.8 Å². The molecule has 1 amide bonds. The number of piperazine rings is 1. The van der Waals surface area contributed by atoms with Gasteiger partial charge in [-0.3, -0.25) is 9.69 Å². The van der Waals surface area contributed by atoms with E-state index in [1.807, 2.05) is 29.3 Å². The molecule has 2 aromatic heterocycles. The summed E-state index contributed by atoms with van der Waals surface area (Å²) in [5.41, 5.74) is 7.87. The molecule has 0 bridgehead atoms. The van der Waals surface area contributed by atoms with Crippen LogP contribution in [0.4, 0.5) is 0 Å². The monoisotopic (exact) mass is 341 g/mol. The number of hydrogen-bond acceptors (Lipinski definition) is 4. The van der Waals surface area contributed by atoms with Gasteiger partial charge in [0.2, 0.25) is 5.91 Å². The van der Waals surface area contributed by atoms with Gasteiger partial charge in [-0.15, -0.1) is 0 Å². The summed E-state index contributed by atoms with van der Waals surface area (Å²) in [4.78, 5) is 21.8. The molecule has 0 aromatic carbocycles. The molecule has 1 saturated carbocycles. The second-order valence-corrected chi connectivity index (χ2v) is 7.48. The van der Waals surface area contributed by atoms with Crippen molar-refractivity contribution in [1.29, 1.82) is 0 Å². The lowest BCUT2D eigenvalue weighted by Crippen LogP contribution is -2.60. The average Bonchev–Trinajstić information content (AvgIpc) is 3.04. The molecule has 0 unspecified atom stereocenters. The van der Waals surface area contributed by atoms with Gasteiger partial charge in [0.1, 0.15) is 5.65 Å². The van der Waals surface area contributed by atoms with Crippen LogP contribution in [0, 0.1) is 0 Å². The van der Waals surface area contributed by atoms with Crippen molar-refractivity contribution < 1.29 is 4.79 Å². The Morgan fingerprint density at radius 3 is 2.60 bits per heavy atom. The molecule has 25 heavy (non-hydrogen) atoms. The van der Waals surface area contributed by atoms with E-state index in [4.69, 9.17) is 5.73 Å². The summed E-state index contributed by atoms with van der Waals surface area (Å²) in [6, 6.07) is 6.03. The Kier molecular flexibility index (Phi) is 4.48. The van der Waals surface area contributed by atoms with E-state index in [-0.39, 0.29) is 5.91 Å². The lowest BCUT2D eigenvalue weighted by molar-refractivity contribution is -0.140. The second-order valence-electron chi connectivity index (χ2n) is 7.48. The van der Waals surface area contributed by atoms with Crippen molar-refractivity contribution in [3.63, 3.8) is 0 Å². The van der Waals surface area contributed by atoms with Crippen LogP contribution in [0.5, 0.6) is 0 Å². The maximum absolute atomic E-state index is 12.8. The molecule has 0 spiro atoms. The molecular formula is C19H27N5O. The first kappa shape index (κ1) is 16.5. The van der Waals surface area contributed by atoms with Gasteiger partial charge in [-0.2, -0.15) is 0 Å². The Morgan fingerprint density at radius 1 is 1.12 bits per heavy atom. The summed E-state index contributed by atoms with van der Waals surface area (Å²) in [5.74, 6) is 0.166. The predicted molar refractivity (Wildman–Crippen MR) is 97.1 cm³/mol. The van der Waals surface area contributed by atoms with Gasteiger partial charge in [-0.05, 0) is 25.0 Å². The van der Waals surface area contributed by atoms with Crippen LogP contribution in [0.2, 0.25) is 0 Å². The van der Waals surface area contributed by atoms with E-state index < -0.39 is 5.54 Å². The summed E-state index contributed by atoms with van der Waals surface area (Å²) < 4.78 is 2.05. The van der Waals surface area contributed by atoms with Gasteiger partial charge in [0.05, 0.1) is 11.2 Å². The number of nitrogens with two attached hydrogens (primary N) is 1. The quantitative estimate of drug-likeness (QED) is 0.922. The SMILES string of the molecule is NC1(C(=O)N2CCN(Cc3cn4ccccc4n3)CC2)CCCCC1. The molecule has 0 radical (unpaired) electrons. The minimum Gasteiger partial charge on any atom is -0.339 e. The Hall–Kier alpha value is -1.92. The number of pyridine rings is 1. The summed E-state index contributed by atoms with van der Waals surface area (Å²) >= 11 is 0. The third kappa shape index (κ3) is 3.41. The summed E-state index contributed by atoms with van der Waals surface area (Å²) in [6.07, 6.45) is 9.16. The van der Waals surface area contributed by atoms with E-state index in [0.29, 0.717) is 0 Å². The number of nitrogens with zero attached hydrogens (tertiary/aromatic N) is 4. The molecule has 134 valence electrons. The van der Waals surface area contributed by atoms with Crippen molar-refractivity contribution >= 4 is 11.6 Å². The molecule has 3 heterocycles. The lowest BCUT2D eigenvalue weighted by Gasteiger charge is -2.40. The van der Waals surface area contributed by atoms with E-state index >= 15 is 0 Å². The Balaban J connectivity index is 1.34. The summed E-state index contributed by atoms with van der Waals surface area (Å²) in [6.45, 7) is 4.14. The van der Waals surface area contributed by atoms with Crippen LogP contribution in [-0.4, -0.2) is 56.8 Å². The number of hydrogen-bond donors (Lipinski definition) is 1. The van der Waals surface area contributed by atoms with E-state index in [1.54, 1.807) is 0 Å². The minimum absolute atomic E-state index is 0.166. The molecule has 2 N–H and O–H groups in total. The van der Waals surface area contributed by atoms with E-state index in [9.17, 15) is 4.79 Å². The first-order valence-electron chi connectivity index (χ1n) is 9.37. The summed E-state index contributed by atoms with van der Waals surface area (Å²) in [7, 11) is 0. The Bertz CT molecular complexity index is 708. The summed E-state index contributed by atoms with van der Waals surface area (Å²) in [5, 5.41) is 0. The van der Waals surface area contributed by atoms with Crippen LogP contribution in [0.15, 0.2) is 30.6 Å². The van der Waals surface area contributed by atoms with Gasteiger partial charge in [-0.1, -0.05) is 25.3 Å². The van der Waals surface area contributed by atoms with Crippen molar-refractivity contribution in [2.24, 2.45) is 5.73 Å².